The van der Waals surface area contributed by atoms with E-state index in [1.807, 2.05) is 0 Å². The lowest BCUT2D eigenvalue weighted by Gasteiger charge is -2.07. The second-order valence-electron chi connectivity index (χ2n) is 3.79. The Hall–Kier alpha value is -2.48. The average molecular weight is 263 g/mol. The summed E-state index contributed by atoms with van der Waals surface area (Å²) in [6, 6.07) is 8.82. The summed E-state index contributed by atoms with van der Waals surface area (Å²) in [6.45, 7) is 0.0278. The first-order valence-electron chi connectivity index (χ1n) is 5.36. The van der Waals surface area contributed by atoms with E-state index in [1.165, 1.54) is 18.2 Å². The summed E-state index contributed by atoms with van der Waals surface area (Å²) in [6.07, 6.45) is 0. The molecule has 0 saturated heterocycles. The first-order valence-corrected chi connectivity index (χ1v) is 5.36. The summed E-state index contributed by atoms with van der Waals surface area (Å²) in [5, 5.41) is 8.67. The number of nitriles is 1. The molecular formula is C14H8F3NO. The Labute approximate surface area is 107 Å². The van der Waals surface area contributed by atoms with Crippen LogP contribution >= 0.6 is 0 Å². The van der Waals surface area contributed by atoms with Crippen LogP contribution in [0, 0.1) is 28.8 Å². The number of rotatable bonds is 3. The molecule has 0 aliphatic carbocycles. The predicted octanol–water partition coefficient (Wildman–Crippen LogP) is 3.55. The zero-order valence-electron chi connectivity index (χ0n) is 9.66. The van der Waals surface area contributed by atoms with Crippen LogP contribution in [0.5, 0.6) is 5.75 Å². The molecule has 0 heterocycles. The first-order chi connectivity index (χ1) is 9.10. The fourth-order valence-electron chi connectivity index (χ4n) is 1.48. The van der Waals surface area contributed by atoms with Crippen LogP contribution in [0.4, 0.5) is 13.2 Å². The Bertz CT molecular complexity index is 650. The standard InChI is InChI=1S/C14H8F3NO/c15-12-3-1-9(5-10(12)7-18)8-19-11-2-4-13(16)14(17)6-11/h1-6H,8H2. The molecule has 0 spiro atoms. The largest absolute Gasteiger partial charge is 0.489 e. The van der Waals surface area contributed by atoms with Crippen LogP contribution in [0.1, 0.15) is 11.1 Å². The Morgan fingerprint density at radius 1 is 0.947 bits per heavy atom. The maximum absolute atomic E-state index is 13.1. The van der Waals surface area contributed by atoms with Crippen molar-refractivity contribution in [1.82, 2.24) is 0 Å². The van der Waals surface area contributed by atoms with Gasteiger partial charge in [-0.3, -0.25) is 0 Å². The van der Waals surface area contributed by atoms with E-state index in [4.69, 9.17) is 10.00 Å². The van der Waals surface area contributed by atoms with Gasteiger partial charge in [-0.1, -0.05) is 6.07 Å². The Balaban J connectivity index is 2.10. The maximum atomic E-state index is 13.1. The van der Waals surface area contributed by atoms with Gasteiger partial charge in [-0.05, 0) is 29.8 Å². The zero-order valence-corrected chi connectivity index (χ0v) is 9.66. The van der Waals surface area contributed by atoms with Gasteiger partial charge in [0.2, 0.25) is 0 Å². The lowest BCUT2D eigenvalue weighted by atomic mass is 10.1. The molecule has 0 amide bonds. The molecule has 2 nitrogen and oxygen atoms in total. The van der Waals surface area contributed by atoms with Gasteiger partial charge < -0.3 is 4.74 Å². The maximum Gasteiger partial charge on any atom is 0.162 e. The van der Waals surface area contributed by atoms with Gasteiger partial charge in [0.1, 0.15) is 24.2 Å². The van der Waals surface area contributed by atoms with Crippen molar-refractivity contribution in [3.63, 3.8) is 0 Å². The lowest BCUT2D eigenvalue weighted by Crippen LogP contribution is -1.98. The van der Waals surface area contributed by atoms with Crippen molar-refractivity contribution in [2.75, 3.05) is 0 Å². The van der Waals surface area contributed by atoms with E-state index >= 15 is 0 Å². The topological polar surface area (TPSA) is 33.0 Å². The first kappa shape index (κ1) is 13.0. The van der Waals surface area contributed by atoms with Gasteiger partial charge >= 0.3 is 0 Å². The normalized spacial score (nSPS) is 10.0. The van der Waals surface area contributed by atoms with Crippen LogP contribution < -0.4 is 4.74 Å². The van der Waals surface area contributed by atoms with Crippen LogP contribution in [0.15, 0.2) is 36.4 Å². The van der Waals surface area contributed by atoms with E-state index in [1.54, 1.807) is 6.07 Å². The lowest BCUT2D eigenvalue weighted by molar-refractivity contribution is 0.303. The zero-order chi connectivity index (χ0) is 13.8. The number of hydrogen-bond acceptors (Lipinski definition) is 2. The van der Waals surface area contributed by atoms with Crippen LogP contribution in [-0.2, 0) is 6.61 Å². The van der Waals surface area contributed by atoms with Gasteiger partial charge in [0.15, 0.2) is 11.6 Å². The molecule has 0 unspecified atom stereocenters. The molecule has 0 fully saturated rings. The van der Waals surface area contributed by atoms with Crippen LogP contribution in [-0.4, -0.2) is 0 Å². The fourth-order valence-corrected chi connectivity index (χ4v) is 1.48. The number of ether oxygens (including phenoxy) is 1. The van der Waals surface area contributed by atoms with Crippen molar-refractivity contribution in [3.8, 4) is 11.8 Å². The molecule has 2 rings (SSSR count). The van der Waals surface area contributed by atoms with Gasteiger partial charge in [0, 0.05) is 6.07 Å². The minimum atomic E-state index is -1.01. The molecule has 19 heavy (non-hydrogen) atoms. The monoisotopic (exact) mass is 263 g/mol. The number of nitrogens with zero attached hydrogens (tertiary/aromatic N) is 1. The van der Waals surface area contributed by atoms with Crippen LogP contribution in [0.25, 0.3) is 0 Å². The summed E-state index contributed by atoms with van der Waals surface area (Å²) < 4.78 is 43.9. The third kappa shape index (κ3) is 3.05. The van der Waals surface area contributed by atoms with E-state index in [2.05, 4.69) is 0 Å². The van der Waals surface area contributed by atoms with Gasteiger partial charge in [-0.25, -0.2) is 13.2 Å². The number of hydrogen-bond donors (Lipinski definition) is 0. The summed E-state index contributed by atoms with van der Waals surface area (Å²) >= 11 is 0. The highest BCUT2D eigenvalue weighted by Gasteiger charge is 2.05. The summed E-state index contributed by atoms with van der Waals surface area (Å²) in [4.78, 5) is 0. The van der Waals surface area contributed by atoms with Gasteiger partial charge in [0.25, 0.3) is 0 Å². The van der Waals surface area contributed by atoms with E-state index in [9.17, 15) is 13.2 Å². The molecule has 5 heteroatoms. The highest BCUT2D eigenvalue weighted by Crippen LogP contribution is 2.17. The van der Waals surface area contributed by atoms with E-state index in [0.717, 1.165) is 18.2 Å². The molecule has 0 radical (unpaired) electrons. The minimum Gasteiger partial charge on any atom is -0.489 e. The molecule has 0 N–H and O–H groups in total. The molecule has 0 aliphatic heterocycles. The van der Waals surface area contributed by atoms with Crippen molar-refractivity contribution in [3.05, 3.63) is 65.0 Å². The Kier molecular flexibility index (Phi) is 3.71. The van der Waals surface area contributed by atoms with Gasteiger partial charge in [-0.15, -0.1) is 0 Å². The third-order valence-corrected chi connectivity index (χ3v) is 2.45. The molecule has 0 saturated carbocycles. The highest BCUT2D eigenvalue weighted by atomic mass is 19.2. The molecule has 2 aromatic carbocycles. The summed E-state index contributed by atoms with van der Waals surface area (Å²) in [5.74, 6) is -2.42. The van der Waals surface area contributed by atoms with Gasteiger partial charge in [-0.2, -0.15) is 5.26 Å². The van der Waals surface area contributed by atoms with Crippen molar-refractivity contribution < 1.29 is 17.9 Å². The molecular weight excluding hydrogens is 255 g/mol. The van der Waals surface area contributed by atoms with Crippen molar-refractivity contribution in [2.24, 2.45) is 0 Å². The second kappa shape index (κ2) is 5.44. The van der Waals surface area contributed by atoms with E-state index < -0.39 is 17.5 Å². The van der Waals surface area contributed by atoms with E-state index in [0.29, 0.717) is 5.56 Å². The third-order valence-electron chi connectivity index (χ3n) is 2.45. The molecule has 0 aliphatic rings. The van der Waals surface area contributed by atoms with Crippen LogP contribution in [0.3, 0.4) is 0 Å². The molecule has 0 bridgehead atoms. The Morgan fingerprint density at radius 3 is 2.37 bits per heavy atom. The fraction of sp³-hybridized carbons (Fsp3) is 0.0714. The second-order valence-corrected chi connectivity index (χ2v) is 3.79. The Morgan fingerprint density at radius 2 is 1.68 bits per heavy atom. The van der Waals surface area contributed by atoms with Gasteiger partial charge in [0.05, 0.1) is 5.56 Å². The summed E-state index contributed by atoms with van der Waals surface area (Å²) in [7, 11) is 0. The molecule has 96 valence electrons. The molecule has 0 atom stereocenters. The molecule has 0 aromatic heterocycles. The highest BCUT2D eigenvalue weighted by molar-refractivity contribution is 5.34. The SMILES string of the molecule is N#Cc1cc(COc2ccc(F)c(F)c2)ccc1F. The molecule has 2 aromatic rings. The van der Waals surface area contributed by atoms with Crippen LogP contribution in [0.2, 0.25) is 0 Å². The number of benzene rings is 2. The number of halogens is 3. The van der Waals surface area contributed by atoms with Crippen molar-refractivity contribution in [1.29, 1.82) is 5.26 Å². The predicted molar refractivity (Wildman–Crippen MR) is 61.8 cm³/mol. The minimum absolute atomic E-state index is 0.0278. The smallest absolute Gasteiger partial charge is 0.162 e. The van der Waals surface area contributed by atoms with E-state index in [-0.39, 0.29) is 17.9 Å². The summed E-state index contributed by atoms with van der Waals surface area (Å²) in [5.41, 5.74) is 0.467. The quantitative estimate of drug-likeness (QED) is 0.848. The van der Waals surface area contributed by atoms with Crippen molar-refractivity contribution in [2.45, 2.75) is 6.61 Å². The van der Waals surface area contributed by atoms with Crippen molar-refractivity contribution >= 4 is 0 Å². The average Bonchev–Trinajstić information content (AvgIpc) is 2.41.